The van der Waals surface area contributed by atoms with Crippen molar-refractivity contribution < 1.29 is 8.42 Å². The zero-order valence-electron chi connectivity index (χ0n) is 10.6. The second-order valence-corrected chi connectivity index (χ2v) is 7.46. The molecule has 3 rings (SSSR count). The van der Waals surface area contributed by atoms with E-state index in [-0.39, 0.29) is 6.04 Å². The third kappa shape index (κ3) is 2.50. The van der Waals surface area contributed by atoms with E-state index in [2.05, 4.69) is 26.1 Å². The molecule has 1 aromatic heterocycles. The summed E-state index contributed by atoms with van der Waals surface area (Å²) in [5.74, 6) is 0. The number of hydrogen-bond donors (Lipinski definition) is 0. The first-order valence-electron chi connectivity index (χ1n) is 6.19. The van der Waals surface area contributed by atoms with Crippen LogP contribution in [0, 0.1) is 0 Å². The summed E-state index contributed by atoms with van der Waals surface area (Å²) in [5, 5.41) is 8.15. The fraction of sp³-hybridized carbons (Fsp3) is 0.333. The summed E-state index contributed by atoms with van der Waals surface area (Å²) in [7, 11) is -3.44. The second kappa shape index (κ2) is 5.27. The lowest BCUT2D eigenvalue weighted by Crippen LogP contribution is -2.29. The van der Waals surface area contributed by atoms with Gasteiger partial charge in [-0.15, -0.1) is 0 Å². The third-order valence-corrected chi connectivity index (χ3v) is 5.75. The summed E-state index contributed by atoms with van der Waals surface area (Å²) in [4.78, 5) is 1.90. The molecule has 1 unspecified atom stereocenters. The number of nitrogens with zero attached hydrogens (tertiary/aromatic N) is 4. The van der Waals surface area contributed by atoms with Crippen molar-refractivity contribution in [3.63, 3.8) is 0 Å². The molecule has 1 aromatic carbocycles. The Hall–Kier alpha value is -1.25. The molecule has 0 N–H and O–H groups in total. The first-order chi connectivity index (χ1) is 9.57. The summed E-state index contributed by atoms with van der Waals surface area (Å²) in [6.45, 7) is 0.900. The minimum absolute atomic E-state index is 0.00947. The Morgan fingerprint density at radius 3 is 2.45 bits per heavy atom. The molecule has 2 heterocycles. The minimum Gasteiger partial charge on any atom is -0.207 e. The first kappa shape index (κ1) is 13.7. The molecule has 1 aliphatic rings. The largest absolute Gasteiger partial charge is 0.243 e. The molecule has 2 aromatic rings. The van der Waals surface area contributed by atoms with Crippen molar-refractivity contribution in [2.75, 3.05) is 13.1 Å². The zero-order valence-corrected chi connectivity index (χ0v) is 13.0. The normalized spacial score (nSPS) is 20.4. The molecule has 0 aliphatic carbocycles. The van der Waals surface area contributed by atoms with Gasteiger partial charge in [0.05, 0.1) is 23.3 Å². The van der Waals surface area contributed by atoms with Gasteiger partial charge in [-0.1, -0.05) is 15.9 Å². The van der Waals surface area contributed by atoms with Gasteiger partial charge in [0.1, 0.15) is 0 Å². The third-order valence-electron chi connectivity index (χ3n) is 3.34. The monoisotopic (exact) mass is 356 g/mol. The van der Waals surface area contributed by atoms with E-state index in [1.165, 1.54) is 4.31 Å². The molecule has 106 valence electrons. The van der Waals surface area contributed by atoms with E-state index in [4.69, 9.17) is 0 Å². The van der Waals surface area contributed by atoms with Gasteiger partial charge in [0.15, 0.2) is 0 Å². The minimum atomic E-state index is -3.44. The molecule has 1 fully saturated rings. The molecule has 0 radical (unpaired) electrons. The molecule has 0 saturated carbocycles. The molecule has 1 aliphatic heterocycles. The predicted molar refractivity (Wildman–Crippen MR) is 76.6 cm³/mol. The fourth-order valence-electron chi connectivity index (χ4n) is 2.29. The highest BCUT2D eigenvalue weighted by atomic mass is 79.9. The summed E-state index contributed by atoms with van der Waals surface area (Å²) < 4.78 is 27.4. The molecule has 1 saturated heterocycles. The SMILES string of the molecule is O=S(=O)(c1ccc(Br)cc1)N1CCC(n2nccn2)C1. The molecule has 1 atom stereocenters. The first-order valence-corrected chi connectivity index (χ1v) is 8.42. The topological polar surface area (TPSA) is 68.1 Å². The van der Waals surface area contributed by atoms with Crippen LogP contribution in [-0.4, -0.2) is 40.8 Å². The summed E-state index contributed by atoms with van der Waals surface area (Å²) in [6.07, 6.45) is 3.93. The summed E-state index contributed by atoms with van der Waals surface area (Å²) >= 11 is 3.30. The van der Waals surface area contributed by atoms with E-state index in [1.807, 2.05) is 0 Å². The van der Waals surface area contributed by atoms with Gasteiger partial charge in [-0.05, 0) is 30.7 Å². The van der Waals surface area contributed by atoms with Crippen LogP contribution in [-0.2, 0) is 10.0 Å². The Bertz CT molecular complexity index is 685. The second-order valence-electron chi connectivity index (χ2n) is 4.61. The average molecular weight is 357 g/mol. The lowest BCUT2D eigenvalue weighted by atomic mass is 10.3. The van der Waals surface area contributed by atoms with Crippen molar-refractivity contribution in [3.05, 3.63) is 41.1 Å². The van der Waals surface area contributed by atoms with Gasteiger partial charge in [-0.2, -0.15) is 19.3 Å². The number of sulfonamides is 1. The van der Waals surface area contributed by atoms with Gasteiger partial charge in [-0.25, -0.2) is 8.42 Å². The standard InChI is InChI=1S/C12H13BrN4O2S/c13-10-1-3-12(4-2-10)20(18,19)16-8-5-11(9-16)17-14-6-7-15-17/h1-4,6-7,11H,5,8-9H2. The van der Waals surface area contributed by atoms with Gasteiger partial charge in [-0.3, -0.25) is 0 Å². The number of halogens is 1. The number of aromatic nitrogens is 3. The van der Waals surface area contributed by atoms with Crippen LogP contribution in [0.15, 0.2) is 46.0 Å². The van der Waals surface area contributed by atoms with E-state index in [1.54, 1.807) is 41.5 Å². The maximum absolute atomic E-state index is 12.5. The number of benzene rings is 1. The van der Waals surface area contributed by atoms with Gasteiger partial charge in [0, 0.05) is 17.6 Å². The predicted octanol–water partition coefficient (Wildman–Crippen LogP) is 1.68. The number of hydrogen-bond acceptors (Lipinski definition) is 4. The Labute approximate surface area is 125 Å². The van der Waals surface area contributed by atoms with E-state index in [0.717, 1.165) is 10.9 Å². The van der Waals surface area contributed by atoms with Gasteiger partial charge < -0.3 is 0 Å². The van der Waals surface area contributed by atoms with Crippen LogP contribution in [0.2, 0.25) is 0 Å². The molecule has 0 amide bonds. The van der Waals surface area contributed by atoms with Gasteiger partial charge in [0.2, 0.25) is 10.0 Å². The van der Waals surface area contributed by atoms with Crippen LogP contribution in [0.3, 0.4) is 0 Å². The van der Waals surface area contributed by atoms with Crippen LogP contribution in [0.25, 0.3) is 0 Å². The highest BCUT2D eigenvalue weighted by molar-refractivity contribution is 9.10. The van der Waals surface area contributed by atoms with Crippen molar-refractivity contribution in [2.45, 2.75) is 17.4 Å². The molecular formula is C12H13BrN4O2S. The highest BCUT2D eigenvalue weighted by Gasteiger charge is 2.33. The lowest BCUT2D eigenvalue weighted by Gasteiger charge is -2.16. The molecule has 0 spiro atoms. The van der Waals surface area contributed by atoms with E-state index >= 15 is 0 Å². The molecule has 20 heavy (non-hydrogen) atoms. The van der Waals surface area contributed by atoms with Crippen LogP contribution in [0.5, 0.6) is 0 Å². The molecule has 6 nitrogen and oxygen atoms in total. The molecule has 8 heteroatoms. The summed E-state index contributed by atoms with van der Waals surface area (Å²) in [5.41, 5.74) is 0. The van der Waals surface area contributed by atoms with Crippen LogP contribution in [0.4, 0.5) is 0 Å². The van der Waals surface area contributed by atoms with Gasteiger partial charge in [0.25, 0.3) is 0 Å². The zero-order chi connectivity index (χ0) is 14.2. The van der Waals surface area contributed by atoms with Crippen LogP contribution in [0.1, 0.15) is 12.5 Å². The highest BCUT2D eigenvalue weighted by Crippen LogP contribution is 2.26. The maximum atomic E-state index is 12.5. The van der Waals surface area contributed by atoms with Gasteiger partial charge >= 0.3 is 0 Å². The van der Waals surface area contributed by atoms with Crippen LogP contribution >= 0.6 is 15.9 Å². The Morgan fingerprint density at radius 1 is 1.15 bits per heavy atom. The quantitative estimate of drug-likeness (QED) is 0.838. The van der Waals surface area contributed by atoms with Crippen molar-refractivity contribution in [3.8, 4) is 0 Å². The van der Waals surface area contributed by atoms with Crippen LogP contribution < -0.4 is 0 Å². The van der Waals surface area contributed by atoms with Crippen molar-refractivity contribution in [1.82, 2.24) is 19.3 Å². The van der Waals surface area contributed by atoms with Crippen molar-refractivity contribution in [2.24, 2.45) is 0 Å². The maximum Gasteiger partial charge on any atom is 0.243 e. The van der Waals surface area contributed by atoms with Crippen molar-refractivity contribution in [1.29, 1.82) is 0 Å². The van der Waals surface area contributed by atoms with E-state index < -0.39 is 10.0 Å². The number of rotatable bonds is 3. The van der Waals surface area contributed by atoms with E-state index in [9.17, 15) is 8.42 Å². The molecule has 0 bridgehead atoms. The van der Waals surface area contributed by atoms with Crippen molar-refractivity contribution >= 4 is 26.0 Å². The Morgan fingerprint density at radius 2 is 1.80 bits per heavy atom. The summed E-state index contributed by atoms with van der Waals surface area (Å²) in [6, 6.07) is 6.69. The lowest BCUT2D eigenvalue weighted by molar-refractivity contribution is 0.402. The fourth-order valence-corrected chi connectivity index (χ4v) is 4.04. The smallest absolute Gasteiger partial charge is 0.207 e. The Balaban J connectivity index is 1.81. The molecular weight excluding hydrogens is 344 g/mol. The Kier molecular flexibility index (Phi) is 3.61. The van der Waals surface area contributed by atoms with E-state index in [0.29, 0.717) is 18.0 Å². The average Bonchev–Trinajstić information content (AvgIpc) is 3.10.